The van der Waals surface area contributed by atoms with Crippen molar-refractivity contribution in [2.24, 2.45) is 0 Å². The highest BCUT2D eigenvalue weighted by Crippen LogP contribution is 2.25. The second kappa shape index (κ2) is 8.42. The Kier molecular flexibility index (Phi) is 5.77. The van der Waals surface area contributed by atoms with Crippen molar-refractivity contribution in [1.82, 2.24) is 10.3 Å². The van der Waals surface area contributed by atoms with Crippen LogP contribution in [0.2, 0.25) is 0 Å². The summed E-state index contributed by atoms with van der Waals surface area (Å²) < 4.78 is 5.24. The number of aliphatic hydroxyl groups excluding tert-OH is 1. The molecule has 128 valence electrons. The van der Waals surface area contributed by atoms with Gasteiger partial charge in [-0.05, 0) is 41.0 Å². The molecule has 4 heteroatoms. The number of aromatic nitrogens is 1. The van der Waals surface area contributed by atoms with Crippen molar-refractivity contribution in [2.45, 2.75) is 12.1 Å². The fourth-order valence-corrected chi connectivity index (χ4v) is 2.80. The standard InChI is InChI=1S/C21H22N2O2/c1-25-19-9-7-18(8-10-19)21(17-5-3-2-4-6-17)23-15-20(24)16-11-13-22-14-12-16/h2-14,20-21,23-24H,15H2,1H3. The summed E-state index contributed by atoms with van der Waals surface area (Å²) in [5, 5.41) is 13.9. The van der Waals surface area contributed by atoms with Crippen LogP contribution in [0.15, 0.2) is 79.1 Å². The van der Waals surface area contributed by atoms with Crippen molar-refractivity contribution in [3.05, 3.63) is 95.8 Å². The van der Waals surface area contributed by atoms with Gasteiger partial charge in [0.05, 0.1) is 19.3 Å². The van der Waals surface area contributed by atoms with Gasteiger partial charge in [0, 0.05) is 18.9 Å². The highest BCUT2D eigenvalue weighted by atomic mass is 16.5. The molecule has 0 amide bonds. The third-order valence-corrected chi connectivity index (χ3v) is 4.19. The fraction of sp³-hybridized carbons (Fsp3) is 0.190. The second-order valence-corrected chi connectivity index (χ2v) is 5.82. The average molecular weight is 334 g/mol. The first-order valence-electron chi connectivity index (χ1n) is 8.28. The van der Waals surface area contributed by atoms with Crippen molar-refractivity contribution >= 4 is 0 Å². The van der Waals surface area contributed by atoms with Gasteiger partial charge in [-0.15, -0.1) is 0 Å². The normalized spacial score (nSPS) is 13.2. The van der Waals surface area contributed by atoms with E-state index in [0.717, 1.165) is 22.4 Å². The number of pyridine rings is 1. The molecule has 2 atom stereocenters. The van der Waals surface area contributed by atoms with Gasteiger partial charge in [0.2, 0.25) is 0 Å². The van der Waals surface area contributed by atoms with Gasteiger partial charge >= 0.3 is 0 Å². The van der Waals surface area contributed by atoms with Gasteiger partial charge in [-0.1, -0.05) is 42.5 Å². The Bertz CT molecular complexity index is 761. The van der Waals surface area contributed by atoms with Crippen LogP contribution in [0.5, 0.6) is 5.75 Å². The summed E-state index contributed by atoms with van der Waals surface area (Å²) in [5.74, 6) is 0.826. The van der Waals surface area contributed by atoms with E-state index < -0.39 is 6.10 Å². The van der Waals surface area contributed by atoms with Gasteiger partial charge in [-0.25, -0.2) is 0 Å². The number of ether oxygens (including phenoxy) is 1. The lowest BCUT2D eigenvalue weighted by molar-refractivity contribution is 0.172. The first-order valence-corrected chi connectivity index (χ1v) is 8.28. The minimum atomic E-state index is -0.590. The van der Waals surface area contributed by atoms with E-state index in [1.807, 2.05) is 54.6 Å². The van der Waals surface area contributed by atoms with Crippen molar-refractivity contribution < 1.29 is 9.84 Å². The Morgan fingerprint density at radius 3 is 2.16 bits per heavy atom. The van der Waals surface area contributed by atoms with Crippen LogP contribution < -0.4 is 10.1 Å². The third kappa shape index (κ3) is 4.44. The van der Waals surface area contributed by atoms with Gasteiger partial charge in [-0.3, -0.25) is 4.98 Å². The number of hydrogen-bond acceptors (Lipinski definition) is 4. The minimum Gasteiger partial charge on any atom is -0.497 e. The number of aliphatic hydroxyl groups is 1. The summed E-state index contributed by atoms with van der Waals surface area (Å²) in [6.07, 6.45) is 2.79. The lowest BCUT2D eigenvalue weighted by atomic mass is 9.98. The van der Waals surface area contributed by atoms with Crippen LogP contribution in [0.1, 0.15) is 28.8 Å². The Labute approximate surface area is 148 Å². The molecule has 0 radical (unpaired) electrons. The maximum Gasteiger partial charge on any atom is 0.118 e. The summed E-state index contributed by atoms with van der Waals surface area (Å²) >= 11 is 0. The Morgan fingerprint density at radius 2 is 1.52 bits per heavy atom. The van der Waals surface area contributed by atoms with Gasteiger partial charge in [0.1, 0.15) is 5.75 Å². The van der Waals surface area contributed by atoms with Gasteiger partial charge in [0.25, 0.3) is 0 Å². The number of hydrogen-bond donors (Lipinski definition) is 2. The maximum absolute atomic E-state index is 10.4. The van der Waals surface area contributed by atoms with E-state index in [2.05, 4.69) is 22.4 Å². The van der Waals surface area contributed by atoms with Gasteiger partial charge in [0.15, 0.2) is 0 Å². The SMILES string of the molecule is COc1ccc(C(NCC(O)c2ccncc2)c2ccccc2)cc1. The molecule has 0 spiro atoms. The van der Waals surface area contributed by atoms with E-state index in [-0.39, 0.29) is 6.04 Å². The molecule has 1 heterocycles. The summed E-state index contributed by atoms with van der Waals surface area (Å²) in [5.41, 5.74) is 3.12. The van der Waals surface area contributed by atoms with Crippen LogP contribution in [0.4, 0.5) is 0 Å². The molecule has 0 aliphatic heterocycles. The monoisotopic (exact) mass is 334 g/mol. The average Bonchev–Trinajstić information content (AvgIpc) is 2.70. The van der Waals surface area contributed by atoms with Crippen LogP contribution in [0.3, 0.4) is 0 Å². The lowest BCUT2D eigenvalue weighted by Gasteiger charge is -2.22. The molecule has 0 bridgehead atoms. The van der Waals surface area contributed by atoms with Crippen molar-refractivity contribution in [3.8, 4) is 5.75 Å². The molecule has 2 aromatic carbocycles. The number of methoxy groups -OCH3 is 1. The molecule has 3 aromatic rings. The predicted octanol–water partition coefficient (Wildman–Crippen LogP) is 3.50. The summed E-state index contributed by atoms with van der Waals surface area (Å²) in [6, 6.07) is 21.8. The zero-order valence-corrected chi connectivity index (χ0v) is 14.2. The van der Waals surface area contributed by atoms with Crippen LogP contribution in [0, 0.1) is 0 Å². The third-order valence-electron chi connectivity index (χ3n) is 4.19. The molecule has 2 unspecified atom stereocenters. The molecule has 3 rings (SSSR count). The largest absolute Gasteiger partial charge is 0.497 e. The molecule has 4 nitrogen and oxygen atoms in total. The quantitative estimate of drug-likeness (QED) is 0.694. The molecule has 0 aliphatic rings. The minimum absolute atomic E-state index is 0.0106. The molecule has 1 aromatic heterocycles. The van der Waals surface area contributed by atoms with Gasteiger partial charge < -0.3 is 15.2 Å². The molecular weight excluding hydrogens is 312 g/mol. The van der Waals surface area contributed by atoms with E-state index in [1.54, 1.807) is 19.5 Å². The fourth-order valence-electron chi connectivity index (χ4n) is 2.80. The Balaban J connectivity index is 1.79. The second-order valence-electron chi connectivity index (χ2n) is 5.82. The Morgan fingerprint density at radius 1 is 0.880 bits per heavy atom. The molecule has 25 heavy (non-hydrogen) atoms. The summed E-state index contributed by atoms with van der Waals surface area (Å²) in [4.78, 5) is 3.99. The number of rotatable bonds is 7. The van der Waals surface area contributed by atoms with Crippen LogP contribution in [-0.4, -0.2) is 23.7 Å². The van der Waals surface area contributed by atoms with E-state index in [1.165, 1.54) is 0 Å². The first-order chi connectivity index (χ1) is 12.3. The van der Waals surface area contributed by atoms with E-state index in [9.17, 15) is 5.11 Å². The zero-order valence-electron chi connectivity index (χ0n) is 14.2. The van der Waals surface area contributed by atoms with Gasteiger partial charge in [-0.2, -0.15) is 0 Å². The highest BCUT2D eigenvalue weighted by molar-refractivity contribution is 5.35. The molecule has 0 saturated heterocycles. The number of benzene rings is 2. The molecule has 0 aliphatic carbocycles. The van der Waals surface area contributed by atoms with Crippen molar-refractivity contribution in [1.29, 1.82) is 0 Å². The van der Waals surface area contributed by atoms with Crippen LogP contribution in [-0.2, 0) is 0 Å². The summed E-state index contributed by atoms with van der Waals surface area (Å²) in [6.45, 7) is 0.440. The zero-order chi connectivity index (χ0) is 17.5. The topological polar surface area (TPSA) is 54.4 Å². The van der Waals surface area contributed by atoms with E-state index in [0.29, 0.717) is 6.54 Å². The van der Waals surface area contributed by atoms with Crippen molar-refractivity contribution in [2.75, 3.05) is 13.7 Å². The smallest absolute Gasteiger partial charge is 0.118 e. The molecular formula is C21H22N2O2. The van der Waals surface area contributed by atoms with Crippen LogP contribution in [0.25, 0.3) is 0 Å². The molecule has 0 saturated carbocycles. The predicted molar refractivity (Wildman–Crippen MR) is 98.5 cm³/mol. The van der Waals surface area contributed by atoms with E-state index in [4.69, 9.17) is 4.74 Å². The number of nitrogens with zero attached hydrogens (tertiary/aromatic N) is 1. The highest BCUT2D eigenvalue weighted by Gasteiger charge is 2.16. The lowest BCUT2D eigenvalue weighted by Crippen LogP contribution is -2.27. The first kappa shape index (κ1) is 17.1. The maximum atomic E-state index is 10.4. The Hall–Kier alpha value is -2.69. The molecule has 2 N–H and O–H groups in total. The van der Waals surface area contributed by atoms with E-state index >= 15 is 0 Å². The number of nitrogens with one attached hydrogen (secondary N) is 1. The van der Waals surface area contributed by atoms with Crippen molar-refractivity contribution in [3.63, 3.8) is 0 Å². The van der Waals surface area contributed by atoms with Crippen LogP contribution >= 0.6 is 0 Å². The molecule has 0 fully saturated rings. The summed E-state index contributed by atoms with van der Waals surface area (Å²) in [7, 11) is 1.66.